The molecule has 4 aliphatic heterocycles. The molecule has 276 valence electrons. The van der Waals surface area contributed by atoms with E-state index in [1.165, 1.54) is 25.3 Å². The molecule has 10 nitrogen and oxygen atoms in total. The van der Waals surface area contributed by atoms with E-state index in [1.807, 2.05) is 17.3 Å². The van der Waals surface area contributed by atoms with Crippen molar-refractivity contribution >= 4 is 33.4 Å². The summed E-state index contributed by atoms with van der Waals surface area (Å²) in [5.41, 5.74) is 7.25. The van der Waals surface area contributed by atoms with E-state index in [-0.39, 0.29) is 29.5 Å². The summed E-state index contributed by atoms with van der Waals surface area (Å²) in [6, 6.07) is 9.00. The zero-order valence-electron chi connectivity index (χ0n) is 30.9. The Morgan fingerprint density at radius 1 is 0.745 bits per heavy atom. The van der Waals surface area contributed by atoms with Gasteiger partial charge in [0.1, 0.15) is 24.7 Å². The van der Waals surface area contributed by atoms with Gasteiger partial charge in [-0.2, -0.15) is 0 Å². The molecule has 0 radical (unpaired) electrons. The van der Waals surface area contributed by atoms with Crippen LogP contribution in [0.25, 0.3) is 0 Å². The molecule has 0 atom stereocenters. The summed E-state index contributed by atoms with van der Waals surface area (Å²) in [5, 5.41) is 0. The van der Waals surface area contributed by atoms with Crippen molar-refractivity contribution in [3.63, 3.8) is 0 Å². The minimum atomic E-state index is -0.611. The van der Waals surface area contributed by atoms with E-state index in [9.17, 15) is 9.59 Å². The van der Waals surface area contributed by atoms with Crippen molar-refractivity contribution in [2.24, 2.45) is 9.98 Å². The van der Waals surface area contributed by atoms with Crippen molar-refractivity contribution in [3.05, 3.63) is 80.9 Å². The second-order valence-corrected chi connectivity index (χ2v) is 14.8. The molecule has 0 amide bonds. The molecule has 2 aromatic carbocycles. The molecule has 12 heteroatoms. The number of ether oxygens (including phenoxy) is 6. The summed E-state index contributed by atoms with van der Waals surface area (Å²) in [4.78, 5) is 31.1. The third-order valence-electron chi connectivity index (χ3n) is 8.83. The number of rotatable bonds is 4. The van der Waals surface area contributed by atoms with Crippen LogP contribution in [-0.2, 0) is 66.8 Å². The molecule has 51 heavy (non-hydrogen) atoms. The van der Waals surface area contributed by atoms with Crippen LogP contribution in [0.1, 0.15) is 88.8 Å². The molecule has 1 saturated heterocycles. The summed E-state index contributed by atoms with van der Waals surface area (Å²) < 4.78 is 32.6. The molecule has 0 unspecified atom stereocenters. The van der Waals surface area contributed by atoms with Crippen LogP contribution in [0, 0.1) is 12.2 Å². The third-order valence-corrected chi connectivity index (χ3v) is 8.83. The van der Waals surface area contributed by atoms with Gasteiger partial charge in [-0.3, -0.25) is 21.7 Å². The van der Waals surface area contributed by atoms with Crippen LogP contribution in [0.4, 0.5) is 0 Å². The fraction of sp³-hybridized carbons (Fsp3) is 0.487. The number of methoxy groups -OCH3 is 2. The van der Waals surface area contributed by atoms with Gasteiger partial charge in [-0.05, 0) is 47.3 Å². The molecule has 0 aromatic heterocycles. The van der Waals surface area contributed by atoms with Gasteiger partial charge in [0.2, 0.25) is 23.7 Å². The zero-order chi connectivity index (χ0) is 37.7. The molecule has 0 spiro atoms. The molecule has 0 bridgehead atoms. The summed E-state index contributed by atoms with van der Waals surface area (Å²) in [6.07, 6.45) is 4.86. The van der Waals surface area contributed by atoms with Crippen LogP contribution in [-0.4, -0.2) is 77.5 Å². The normalized spacial score (nSPS) is 18.7. The minimum absolute atomic E-state index is 0.0237. The molecule has 2 aromatic rings. The van der Waals surface area contributed by atoms with Gasteiger partial charge in [-0.1, -0.05) is 67.5 Å². The molecule has 0 N–H and O–H groups in total. The van der Waals surface area contributed by atoms with Crippen LogP contribution >= 0.6 is 9.69 Å². The van der Waals surface area contributed by atoms with E-state index < -0.39 is 11.9 Å². The van der Waals surface area contributed by atoms with Gasteiger partial charge in [0.15, 0.2) is 0 Å². The van der Waals surface area contributed by atoms with Crippen LogP contribution in [0.5, 0.6) is 11.5 Å². The van der Waals surface area contributed by atoms with Crippen LogP contribution in [0.15, 0.2) is 45.4 Å². The first kappa shape index (κ1) is 40.2. The van der Waals surface area contributed by atoms with Crippen molar-refractivity contribution < 1.29 is 55.3 Å². The number of carbonyl (C=O) groups is 2. The quantitative estimate of drug-likeness (QED) is 0.144. The van der Waals surface area contributed by atoms with Gasteiger partial charge in [0.25, 0.3) is 0 Å². The molecule has 1 fully saturated rings. The number of nitrogens with zero attached hydrogens (tertiary/aromatic N) is 2. The van der Waals surface area contributed by atoms with Crippen LogP contribution in [0.3, 0.4) is 0 Å². The average Bonchev–Trinajstić information content (AvgIpc) is 3.89. The van der Waals surface area contributed by atoms with Gasteiger partial charge in [-0.25, -0.2) is 9.98 Å². The Kier molecular flexibility index (Phi) is 13.0. The third kappa shape index (κ3) is 9.11. The Bertz CT molecular complexity index is 1650. The number of hydrogen-bond acceptors (Lipinski definition) is 10. The fourth-order valence-electron chi connectivity index (χ4n) is 5.83. The SMILES string of the molecule is CC(C)(C)c1cc(C2=NCCO2)c2c(c1)C(C)(C)c1cc(C(C)(C)C)cc(C3=NCCO3)c1O2.COC(=O)[C-]=C1COCC1=[C-]C(=O)OC.[Cl][Rh+2]. The maximum absolute atomic E-state index is 10.9. The van der Waals surface area contributed by atoms with Gasteiger partial charge in [0, 0.05) is 16.5 Å². The summed E-state index contributed by atoms with van der Waals surface area (Å²) in [5.74, 6) is 1.77. The Balaban J connectivity index is 0.000000289. The predicted octanol–water partition coefficient (Wildman–Crippen LogP) is 6.78. The van der Waals surface area contributed by atoms with Crippen molar-refractivity contribution in [3.8, 4) is 11.5 Å². The van der Waals surface area contributed by atoms with Crippen molar-refractivity contribution in [1.82, 2.24) is 0 Å². The second kappa shape index (κ2) is 16.4. The van der Waals surface area contributed by atoms with Crippen LogP contribution in [0.2, 0.25) is 0 Å². The Morgan fingerprint density at radius 2 is 1.14 bits per heavy atom. The number of aliphatic imine (C=N–C) groups is 2. The first-order valence-electron chi connectivity index (χ1n) is 16.6. The molecule has 4 aliphatic rings. The van der Waals surface area contributed by atoms with E-state index in [2.05, 4.69) is 121 Å². The first-order valence-corrected chi connectivity index (χ1v) is 18.7. The van der Waals surface area contributed by atoms with E-state index >= 15 is 0 Å². The zero-order valence-corrected chi connectivity index (χ0v) is 33.3. The Morgan fingerprint density at radius 3 is 1.45 bits per heavy atom. The number of esters is 2. The molecule has 0 aliphatic carbocycles. The van der Waals surface area contributed by atoms with Crippen molar-refractivity contribution in [1.29, 1.82) is 0 Å². The maximum atomic E-state index is 10.9. The first-order chi connectivity index (χ1) is 24.0. The topological polar surface area (TPSA) is 114 Å². The van der Waals surface area contributed by atoms with Gasteiger partial charge < -0.3 is 39.6 Å². The fourth-order valence-corrected chi connectivity index (χ4v) is 5.83. The monoisotopic (exact) mass is 808 g/mol. The number of halogens is 1. The predicted molar refractivity (Wildman–Crippen MR) is 191 cm³/mol. The molecular weight excluding hydrogens is 763 g/mol. The number of benzene rings is 2. The van der Waals surface area contributed by atoms with Gasteiger partial charge in [-0.15, -0.1) is 0 Å². The van der Waals surface area contributed by atoms with Crippen molar-refractivity contribution in [2.45, 2.75) is 71.6 Å². The van der Waals surface area contributed by atoms with Gasteiger partial charge >= 0.3 is 27.0 Å². The Labute approximate surface area is 315 Å². The van der Waals surface area contributed by atoms with Crippen molar-refractivity contribution in [2.75, 3.05) is 53.7 Å². The van der Waals surface area contributed by atoms with E-state index in [0.29, 0.717) is 49.2 Å². The van der Waals surface area contributed by atoms with E-state index in [4.69, 9.17) is 18.9 Å². The summed E-state index contributed by atoms with van der Waals surface area (Å²) in [7, 11) is 7.03. The molecular formula is C39H46ClN2O8Rh. The van der Waals surface area contributed by atoms with E-state index in [1.54, 1.807) is 0 Å². The standard InChI is InChI=1S/C29H36N2O3.C10H10O5.ClH.Rh/c1-27(2,3)17-13-19(25-30-9-11-32-25)23-21(15-17)29(7,8)22-16-18(28(4,5)6)14-20(24(22)34-23)26-31-10-12-33-26;1-13-9(11)3-7-5-15-6-8(7)4-10(12)14-2;;/h13-16H,9-12H2,1-8H3;5-6H2,1-2H3;1H;/q;-2;;+3/p-1. The molecule has 6 rings (SSSR count). The summed E-state index contributed by atoms with van der Waals surface area (Å²) >= 11 is 2.02. The average molecular weight is 809 g/mol. The molecule has 4 heterocycles. The Hall–Kier alpha value is -3.53. The number of hydrogen-bond donors (Lipinski definition) is 0. The number of fused-ring (bicyclic) bond motifs is 2. The summed E-state index contributed by atoms with van der Waals surface area (Å²) in [6.45, 7) is 21.0. The van der Waals surface area contributed by atoms with Crippen LogP contribution < -0.4 is 4.74 Å². The van der Waals surface area contributed by atoms with Gasteiger partial charge in [0.05, 0.1) is 38.4 Å². The second-order valence-electron chi connectivity index (χ2n) is 14.8. The number of carbonyl (C=O) groups excluding carboxylic acids is 2. The molecule has 0 saturated carbocycles. The van der Waals surface area contributed by atoms with E-state index in [0.717, 1.165) is 33.8 Å².